The van der Waals surface area contributed by atoms with Crippen molar-refractivity contribution in [3.8, 4) is 17.2 Å². The van der Waals surface area contributed by atoms with Crippen molar-refractivity contribution in [3.63, 3.8) is 0 Å². The van der Waals surface area contributed by atoms with E-state index in [1.54, 1.807) is 21.3 Å². The smallest absolute Gasteiger partial charge is 0.203 e. The van der Waals surface area contributed by atoms with Gasteiger partial charge in [-0.15, -0.1) is 0 Å². The zero-order chi connectivity index (χ0) is 11.4. The van der Waals surface area contributed by atoms with Crippen LogP contribution in [-0.4, -0.2) is 21.3 Å². The molecule has 0 aliphatic carbocycles. The van der Waals surface area contributed by atoms with E-state index in [1.807, 2.05) is 19.1 Å². The Morgan fingerprint density at radius 1 is 1.00 bits per heavy atom. The summed E-state index contributed by atoms with van der Waals surface area (Å²) in [6, 6.07) is 3.64. The Morgan fingerprint density at radius 2 is 1.44 bits per heavy atom. The molecular weight excluding hydrogens is 230 g/mol. The van der Waals surface area contributed by atoms with Gasteiger partial charge in [0, 0.05) is 6.04 Å². The molecule has 0 fully saturated rings. The summed E-state index contributed by atoms with van der Waals surface area (Å²) in [5, 5.41) is 0. The van der Waals surface area contributed by atoms with Gasteiger partial charge in [-0.3, -0.25) is 0 Å². The van der Waals surface area contributed by atoms with Crippen LogP contribution >= 0.6 is 0 Å². The number of benzene rings is 1. The topological polar surface area (TPSA) is 53.7 Å². The van der Waals surface area contributed by atoms with Crippen molar-refractivity contribution in [2.24, 2.45) is 5.73 Å². The Morgan fingerprint density at radius 3 is 1.69 bits per heavy atom. The molecule has 1 unspecified atom stereocenters. The Bertz CT molecular complexity index is 317. The lowest BCUT2D eigenvalue weighted by molar-refractivity contribution is -0.00000411. The van der Waals surface area contributed by atoms with Gasteiger partial charge in [0.2, 0.25) is 5.75 Å². The molecule has 0 saturated carbocycles. The molecule has 1 aromatic carbocycles. The van der Waals surface area contributed by atoms with E-state index < -0.39 is 0 Å². The molecule has 0 aromatic heterocycles. The van der Waals surface area contributed by atoms with Gasteiger partial charge in [-0.2, -0.15) is 0 Å². The maximum atomic E-state index is 5.80. The molecule has 92 valence electrons. The van der Waals surface area contributed by atoms with Crippen LogP contribution in [0.4, 0.5) is 0 Å². The minimum atomic E-state index is -0.0706. The first-order valence-electron chi connectivity index (χ1n) is 4.69. The first-order chi connectivity index (χ1) is 7.13. The third kappa shape index (κ3) is 2.93. The molecule has 16 heavy (non-hydrogen) atoms. The minimum Gasteiger partial charge on any atom is -1.00 e. The lowest BCUT2D eigenvalue weighted by Gasteiger charge is -2.15. The minimum absolute atomic E-state index is 0. The van der Waals surface area contributed by atoms with Crippen LogP contribution in [0.1, 0.15) is 18.5 Å². The van der Waals surface area contributed by atoms with Crippen molar-refractivity contribution >= 4 is 0 Å². The van der Waals surface area contributed by atoms with Gasteiger partial charge >= 0.3 is 0 Å². The standard InChI is InChI=1S/C11H17NO3.ClH/c1-7(12)8-5-9(13-2)11(15-4)10(6-8)14-3;/h5-7H,12H2,1-4H3;1H/p-1. The van der Waals surface area contributed by atoms with E-state index in [2.05, 4.69) is 0 Å². The van der Waals surface area contributed by atoms with Crippen LogP contribution in [-0.2, 0) is 0 Å². The van der Waals surface area contributed by atoms with Gasteiger partial charge in [0.1, 0.15) is 0 Å². The summed E-state index contributed by atoms with van der Waals surface area (Å²) in [4.78, 5) is 0. The predicted molar refractivity (Wildman–Crippen MR) is 58.7 cm³/mol. The number of nitrogens with two attached hydrogens (primary N) is 1. The molecule has 1 aromatic rings. The van der Waals surface area contributed by atoms with Crippen molar-refractivity contribution in [2.75, 3.05) is 21.3 Å². The van der Waals surface area contributed by atoms with Gasteiger partial charge in [-0.25, -0.2) is 0 Å². The molecule has 0 heterocycles. The van der Waals surface area contributed by atoms with E-state index in [9.17, 15) is 0 Å². The van der Waals surface area contributed by atoms with Gasteiger partial charge in [-0.1, -0.05) is 0 Å². The number of halogens is 1. The first-order valence-corrected chi connectivity index (χ1v) is 4.69. The summed E-state index contributed by atoms with van der Waals surface area (Å²) < 4.78 is 15.6. The lowest BCUT2D eigenvalue weighted by Crippen LogP contribution is -3.00. The Hall–Kier alpha value is -1.13. The number of hydrogen-bond donors (Lipinski definition) is 1. The molecular formula is C11H17ClNO3-. The second-order valence-corrected chi connectivity index (χ2v) is 3.25. The van der Waals surface area contributed by atoms with Gasteiger partial charge in [-0.05, 0) is 24.6 Å². The molecule has 1 atom stereocenters. The normalized spacial score (nSPS) is 11.3. The van der Waals surface area contributed by atoms with Crippen LogP contribution in [0.2, 0.25) is 0 Å². The summed E-state index contributed by atoms with van der Waals surface area (Å²) >= 11 is 0. The molecule has 5 heteroatoms. The first kappa shape index (κ1) is 14.9. The third-order valence-electron chi connectivity index (χ3n) is 2.21. The van der Waals surface area contributed by atoms with E-state index in [4.69, 9.17) is 19.9 Å². The van der Waals surface area contributed by atoms with Gasteiger partial charge < -0.3 is 32.4 Å². The van der Waals surface area contributed by atoms with Gasteiger partial charge in [0.05, 0.1) is 21.3 Å². The average molecular weight is 247 g/mol. The highest BCUT2D eigenvalue weighted by Crippen LogP contribution is 2.39. The maximum absolute atomic E-state index is 5.80. The van der Waals surface area contributed by atoms with E-state index >= 15 is 0 Å². The van der Waals surface area contributed by atoms with Crippen molar-refractivity contribution < 1.29 is 26.6 Å². The molecule has 0 bridgehead atoms. The van der Waals surface area contributed by atoms with E-state index in [1.165, 1.54) is 0 Å². The molecule has 4 nitrogen and oxygen atoms in total. The van der Waals surface area contributed by atoms with Crippen LogP contribution < -0.4 is 32.4 Å². The molecule has 2 N–H and O–H groups in total. The summed E-state index contributed by atoms with van der Waals surface area (Å²) in [7, 11) is 4.75. The highest BCUT2D eigenvalue weighted by Gasteiger charge is 2.14. The fourth-order valence-electron chi connectivity index (χ4n) is 1.36. The van der Waals surface area contributed by atoms with Crippen molar-refractivity contribution in [1.29, 1.82) is 0 Å². The van der Waals surface area contributed by atoms with E-state index in [-0.39, 0.29) is 18.4 Å². The average Bonchev–Trinajstić information content (AvgIpc) is 2.26. The fourth-order valence-corrected chi connectivity index (χ4v) is 1.36. The molecule has 0 spiro atoms. The van der Waals surface area contributed by atoms with Crippen LogP contribution in [0.15, 0.2) is 12.1 Å². The summed E-state index contributed by atoms with van der Waals surface area (Å²) in [6.45, 7) is 1.90. The fraction of sp³-hybridized carbons (Fsp3) is 0.455. The highest BCUT2D eigenvalue weighted by molar-refractivity contribution is 5.54. The molecule has 1 rings (SSSR count). The maximum Gasteiger partial charge on any atom is 0.203 e. The Labute approximate surface area is 102 Å². The molecule has 0 aliphatic heterocycles. The Kier molecular flexibility index (Phi) is 6.00. The number of ether oxygens (including phenoxy) is 3. The third-order valence-corrected chi connectivity index (χ3v) is 2.21. The summed E-state index contributed by atoms with van der Waals surface area (Å²) in [5.41, 5.74) is 6.75. The molecule has 0 amide bonds. The summed E-state index contributed by atoms with van der Waals surface area (Å²) in [5.74, 6) is 1.85. The van der Waals surface area contributed by atoms with Crippen molar-refractivity contribution in [3.05, 3.63) is 17.7 Å². The zero-order valence-corrected chi connectivity index (χ0v) is 10.7. The molecule has 0 saturated heterocycles. The van der Waals surface area contributed by atoms with Crippen LogP contribution in [0.5, 0.6) is 17.2 Å². The van der Waals surface area contributed by atoms with Crippen molar-refractivity contribution in [1.82, 2.24) is 0 Å². The number of hydrogen-bond acceptors (Lipinski definition) is 4. The van der Waals surface area contributed by atoms with Crippen LogP contribution in [0, 0.1) is 0 Å². The second-order valence-electron chi connectivity index (χ2n) is 3.25. The largest absolute Gasteiger partial charge is 1.00 e. The second kappa shape index (κ2) is 6.45. The Balaban J connectivity index is 0.00000225. The SMILES string of the molecule is COc1cc(C(C)N)cc(OC)c1OC.[Cl-]. The molecule has 0 aliphatic rings. The predicted octanol–water partition coefficient (Wildman–Crippen LogP) is -1.26. The quantitative estimate of drug-likeness (QED) is 0.721. The molecule has 0 radical (unpaired) electrons. The van der Waals surface area contributed by atoms with E-state index in [0.29, 0.717) is 17.2 Å². The summed E-state index contributed by atoms with van der Waals surface area (Å²) in [6.07, 6.45) is 0. The van der Waals surface area contributed by atoms with Crippen LogP contribution in [0.3, 0.4) is 0 Å². The number of methoxy groups -OCH3 is 3. The van der Waals surface area contributed by atoms with E-state index in [0.717, 1.165) is 5.56 Å². The number of rotatable bonds is 4. The van der Waals surface area contributed by atoms with Gasteiger partial charge in [0.15, 0.2) is 11.5 Å². The highest BCUT2D eigenvalue weighted by atomic mass is 35.5. The van der Waals surface area contributed by atoms with Crippen LogP contribution in [0.25, 0.3) is 0 Å². The monoisotopic (exact) mass is 246 g/mol. The van der Waals surface area contributed by atoms with Crippen molar-refractivity contribution in [2.45, 2.75) is 13.0 Å². The lowest BCUT2D eigenvalue weighted by atomic mass is 10.1. The zero-order valence-electron chi connectivity index (χ0n) is 9.91. The van der Waals surface area contributed by atoms with Gasteiger partial charge in [0.25, 0.3) is 0 Å².